The van der Waals surface area contributed by atoms with E-state index >= 15 is 0 Å². The predicted octanol–water partition coefficient (Wildman–Crippen LogP) is 3.77. The van der Waals surface area contributed by atoms with Crippen LogP contribution in [0.2, 0.25) is 0 Å². The normalized spacial score (nSPS) is 44.9. The molecule has 0 unspecified atom stereocenters. The molecule has 0 bridgehead atoms. The lowest BCUT2D eigenvalue weighted by Gasteiger charge is -2.60. The van der Waals surface area contributed by atoms with Gasteiger partial charge in [-0.1, -0.05) is 32.4 Å². The maximum Gasteiger partial charge on any atom is 0.334 e. The maximum absolute atomic E-state index is 11.9. The fourth-order valence-electron chi connectivity index (χ4n) is 6.13. The number of esters is 1. The van der Waals surface area contributed by atoms with Crippen molar-refractivity contribution in [2.75, 3.05) is 0 Å². The number of carbonyl (C=O) groups excluding carboxylic acids is 1. The third kappa shape index (κ3) is 1.95. The molecule has 3 nitrogen and oxygen atoms in total. The lowest BCUT2D eigenvalue weighted by molar-refractivity contribution is -0.145. The van der Waals surface area contributed by atoms with Crippen LogP contribution in [0.25, 0.3) is 0 Å². The molecule has 2 fully saturated rings. The van der Waals surface area contributed by atoms with E-state index in [1.807, 2.05) is 6.92 Å². The second kappa shape index (κ2) is 4.72. The van der Waals surface area contributed by atoms with Gasteiger partial charge in [0.1, 0.15) is 6.10 Å². The van der Waals surface area contributed by atoms with Gasteiger partial charge in [-0.15, -0.1) is 0 Å². The fourth-order valence-corrected chi connectivity index (χ4v) is 6.13. The van der Waals surface area contributed by atoms with E-state index in [0.29, 0.717) is 11.8 Å². The Kier molecular flexibility index (Phi) is 3.17. The van der Waals surface area contributed by atoms with Crippen LogP contribution in [0.15, 0.2) is 22.8 Å². The Morgan fingerprint density at radius 3 is 2.74 bits per heavy atom. The Morgan fingerprint density at radius 2 is 2.00 bits per heavy atom. The van der Waals surface area contributed by atoms with Crippen molar-refractivity contribution < 1.29 is 14.6 Å². The minimum Gasteiger partial charge on any atom is -0.454 e. The van der Waals surface area contributed by atoms with Gasteiger partial charge >= 0.3 is 5.97 Å². The van der Waals surface area contributed by atoms with Gasteiger partial charge in [0, 0.05) is 11.1 Å². The van der Waals surface area contributed by atoms with Crippen molar-refractivity contribution in [2.45, 2.75) is 72.0 Å². The van der Waals surface area contributed by atoms with E-state index in [4.69, 9.17) is 4.74 Å². The number of aliphatic hydroxyl groups is 1. The Labute approximate surface area is 138 Å². The van der Waals surface area contributed by atoms with Gasteiger partial charge in [-0.05, 0) is 61.7 Å². The topological polar surface area (TPSA) is 46.5 Å². The SMILES string of the molecule is CC1=C2C=C3CC[C@@H]4C(C)(C)[C@@H](O)CC[C@@]4(C)[C@@H]3C[C@H]2OC1=O. The van der Waals surface area contributed by atoms with Gasteiger partial charge in [0.05, 0.1) is 6.10 Å². The number of carbonyl (C=O) groups is 1. The Hall–Kier alpha value is -1.09. The van der Waals surface area contributed by atoms with E-state index in [9.17, 15) is 9.90 Å². The van der Waals surface area contributed by atoms with Crippen LogP contribution in [0, 0.1) is 22.7 Å². The highest BCUT2D eigenvalue weighted by atomic mass is 16.5. The van der Waals surface area contributed by atoms with Crippen LogP contribution < -0.4 is 0 Å². The molecule has 1 aliphatic heterocycles. The number of fused-ring (bicyclic) bond motifs is 4. The Morgan fingerprint density at radius 1 is 1.26 bits per heavy atom. The van der Waals surface area contributed by atoms with E-state index < -0.39 is 0 Å². The molecule has 0 amide bonds. The fraction of sp³-hybridized carbons (Fsp3) is 0.750. The molecule has 4 aliphatic rings. The van der Waals surface area contributed by atoms with Crippen LogP contribution in [-0.2, 0) is 9.53 Å². The quantitative estimate of drug-likeness (QED) is 0.692. The summed E-state index contributed by atoms with van der Waals surface area (Å²) in [6.07, 6.45) is 7.17. The zero-order valence-corrected chi connectivity index (χ0v) is 14.7. The molecule has 2 saturated carbocycles. The second-order valence-electron chi connectivity index (χ2n) is 8.95. The van der Waals surface area contributed by atoms with Crippen molar-refractivity contribution in [3.63, 3.8) is 0 Å². The summed E-state index contributed by atoms with van der Waals surface area (Å²) in [5.41, 5.74) is 3.61. The van der Waals surface area contributed by atoms with Gasteiger partial charge < -0.3 is 9.84 Å². The van der Waals surface area contributed by atoms with Gasteiger partial charge in [0.15, 0.2) is 0 Å². The van der Waals surface area contributed by atoms with Gasteiger partial charge in [0.2, 0.25) is 0 Å². The molecule has 4 rings (SSSR count). The summed E-state index contributed by atoms with van der Waals surface area (Å²) in [4.78, 5) is 11.9. The van der Waals surface area contributed by atoms with Crippen LogP contribution >= 0.6 is 0 Å². The summed E-state index contributed by atoms with van der Waals surface area (Å²) in [7, 11) is 0. The van der Waals surface area contributed by atoms with Crippen LogP contribution in [0.4, 0.5) is 0 Å². The van der Waals surface area contributed by atoms with Gasteiger partial charge in [-0.2, -0.15) is 0 Å². The third-order valence-corrected chi connectivity index (χ3v) is 7.60. The number of hydrogen-bond acceptors (Lipinski definition) is 3. The molecule has 1 heterocycles. The molecule has 0 aromatic heterocycles. The second-order valence-corrected chi connectivity index (χ2v) is 8.95. The molecule has 0 aromatic rings. The summed E-state index contributed by atoms with van der Waals surface area (Å²) in [6.45, 7) is 8.79. The molecule has 3 aliphatic carbocycles. The first-order valence-electron chi connectivity index (χ1n) is 9.05. The standard InChI is InChI=1S/C20H28O3/c1-11-13-9-12-5-6-16-19(2,3)17(21)7-8-20(16,4)14(12)10-15(13)23-18(11)22/h9,14-17,21H,5-8,10H2,1-4H3/t14-,15-,16-,17+,20+/m1/s1. The summed E-state index contributed by atoms with van der Waals surface area (Å²) >= 11 is 0. The van der Waals surface area contributed by atoms with Crippen LogP contribution in [0.1, 0.15) is 59.8 Å². The van der Waals surface area contributed by atoms with Crippen LogP contribution in [0.5, 0.6) is 0 Å². The first kappa shape index (κ1) is 15.4. The summed E-state index contributed by atoms with van der Waals surface area (Å²) in [6, 6.07) is 0. The van der Waals surface area contributed by atoms with E-state index in [1.165, 1.54) is 5.57 Å². The minimum atomic E-state index is -0.197. The average molecular weight is 316 g/mol. The van der Waals surface area contributed by atoms with Crippen molar-refractivity contribution in [3.8, 4) is 0 Å². The van der Waals surface area contributed by atoms with E-state index in [-0.39, 0.29) is 29.0 Å². The van der Waals surface area contributed by atoms with Gasteiger partial charge in [-0.3, -0.25) is 0 Å². The van der Waals surface area contributed by atoms with E-state index in [0.717, 1.165) is 43.3 Å². The van der Waals surface area contributed by atoms with Crippen molar-refractivity contribution in [3.05, 3.63) is 22.8 Å². The molecule has 3 heteroatoms. The first-order chi connectivity index (χ1) is 10.7. The lowest BCUT2D eigenvalue weighted by Crippen LogP contribution is -2.55. The highest BCUT2D eigenvalue weighted by Crippen LogP contribution is 2.63. The highest BCUT2D eigenvalue weighted by molar-refractivity contribution is 5.92. The number of rotatable bonds is 0. The van der Waals surface area contributed by atoms with Crippen LogP contribution in [-0.4, -0.2) is 23.3 Å². The van der Waals surface area contributed by atoms with Gasteiger partial charge in [-0.25, -0.2) is 4.79 Å². The van der Waals surface area contributed by atoms with Crippen LogP contribution in [0.3, 0.4) is 0 Å². The van der Waals surface area contributed by atoms with E-state index in [2.05, 4.69) is 26.8 Å². The van der Waals surface area contributed by atoms with Gasteiger partial charge in [0.25, 0.3) is 0 Å². The number of allylic oxidation sites excluding steroid dienone is 1. The highest BCUT2D eigenvalue weighted by Gasteiger charge is 2.57. The largest absolute Gasteiger partial charge is 0.454 e. The molecule has 0 saturated heterocycles. The lowest BCUT2D eigenvalue weighted by atomic mass is 9.45. The molecule has 0 radical (unpaired) electrons. The van der Waals surface area contributed by atoms with Crippen molar-refractivity contribution in [2.24, 2.45) is 22.7 Å². The zero-order chi connectivity index (χ0) is 16.6. The van der Waals surface area contributed by atoms with E-state index in [1.54, 1.807) is 0 Å². The third-order valence-electron chi connectivity index (χ3n) is 7.60. The number of hydrogen-bond donors (Lipinski definition) is 1. The summed E-state index contributed by atoms with van der Waals surface area (Å²) in [5, 5.41) is 10.5. The molecule has 126 valence electrons. The molecular weight excluding hydrogens is 288 g/mol. The van der Waals surface area contributed by atoms with Crippen molar-refractivity contribution in [1.29, 1.82) is 0 Å². The molecule has 0 aromatic carbocycles. The molecule has 5 atom stereocenters. The monoisotopic (exact) mass is 316 g/mol. The average Bonchev–Trinajstić information content (AvgIpc) is 2.77. The Bertz CT molecular complexity index is 627. The minimum absolute atomic E-state index is 0.0308. The zero-order valence-electron chi connectivity index (χ0n) is 14.7. The molecular formula is C20H28O3. The van der Waals surface area contributed by atoms with Crippen molar-refractivity contribution >= 4 is 5.97 Å². The molecule has 1 N–H and O–H groups in total. The maximum atomic E-state index is 11.9. The number of aliphatic hydroxyl groups excluding tert-OH is 1. The summed E-state index contributed by atoms with van der Waals surface area (Å²) in [5.74, 6) is 0.881. The Balaban J connectivity index is 1.74. The van der Waals surface area contributed by atoms with Crippen molar-refractivity contribution in [1.82, 2.24) is 0 Å². The summed E-state index contributed by atoms with van der Waals surface area (Å²) < 4.78 is 5.62. The molecule has 23 heavy (non-hydrogen) atoms. The smallest absolute Gasteiger partial charge is 0.334 e. The predicted molar refractivity (Wildman–Crippen MR) is 88.6 cm³/mol. The number of ether oxygens (including phenoxy) is 1. The first-order valence-corrected chi connectivity index (χ1v) is 9.05. The molecule has 0 spiro atoms.